The molecule has 186 valence electrons. The lowest BCUT2D eigenvalue weighted by Crippen LogP contribution is -2.12. The molecule has 11 heteroatoms. The maximum atomic E-state index is 12.8. The molecule has 0 fully saturated rings. The summed E-state index contributed by atoms with van der Waals surface area (Å²) < 4.78 is 21.5. The lowest BCUT2D eigenvalue weighted by Gasteiger charge is -2.11. The Balaban J connectivity index is 1.50. The van der Waals surface area contributed by atoms with E-state index in [4.69, 9.17) is 24.4 Å². The number of ether oxygens (including phenoxy) is 3. The summed E-state index contributed by atoms with van der Waals surface area (Å²) >= 11 is 0. The minimum absolute atomic E-state index is 0.0187. The van der Waals surface area contributed by atoms with Gasteiger partial charge in [0.2, 0.25) is 5.71 Å². The fourth-order valence-electron chi connectivity index (χ4n) is 3.51. The number of fused-ring (bicyclic) bond motifs is 1. The fraction of sp³-hybridized carbons (Fsp3) is 0.240. The number of pyridine rings is 1. The van der Waals surface area contributed by atoms with Crippen molar-refractivity contribution in [2.75, 3.05) is 24.3 Å². The zero-order valence-electron chi connectivity index (χ0n) is 20.0. The first-order valence-electron chi connectivity index (χ1n) is 11.3. The van der Waals surface area contributed by atoms with Gasteiger partial charge in [0.1, 0.15) is 34.3 Å². The molecule has 0 saturated carbocycles. The molecule has 0 unspecified atom stereocenters. The molecular weight excluding hydrogens is 466 g/mol. The van der Waals surface area contributed by atoms with Crippen molar-refractivity contribution in [3.8, 4) is 5.75 Å². The van der Waals surface area contributed by atoms with Gasteiger partial charge in [0.15, 0.2) is 12.4 Å². The number of esters is 2. The molecule has 11 nitrogen and oxygen atoms in total. The Kier molecular flexibility index (Phi) is 7.28. The topological polar surface area (TPSA) is 152 Å². The van der Waals surface area contributed by atoms with Crippen molar-refractivity contribution in [2.45, 2.75) is 27.4 Å². The van der Waals surface area contributed by atoms with Gasteiger partial charge >= 0.3 is 11.9 Å². The van der Waals surface area contributed by atoms with Gasteiger partial charge in [-0.1, -0.05) is 0 Å². The van der Waals surface area contributed by atoms with Gasteiger partial charge in [-0.05, 0) is 57.2 Å². The first kappa shape index (κ1) is 24.5. The van der Waals surface area contributed by atoms with E-state index in [2.05, 4.69) is 20.3 Å². The summed E-state index contributed by atoms with van der Waals surface area (Å²) in [6.07, 6.45) is 1.56. The maximum Gasteiger partial charge on any atom is 0.342 e. The van der Waals surface area contributed by atoms with Crippen LogP contribution in [0.2, 0.25) is 0 Å². The van der Waals surface area contributed by atoms with Gasteiger partial charge in [0, 0.05) is 11.9 Å². The van der Waals surface area contributed by atoms with Crippen molar-refractivity contribution >= 4 is 40.4 Å². The molecule has 0 radical (unpaired) electrons. The van der Waals surface area contributed by atoms with E-state index in [1.165, 1.54) is 0 Å². The average Bonchev–Trinajstić information content (AvgIpc) is 3.21. The van der Waals surface area contributed by atoms with E-state index in [1.54, 1.807) is 32.2 Å². The van der Waals surface area contributed by atoms with E-state index in [1.807, 2.05) is 31.2 Å². The van der Waals surface area contributed by atoms with Gasteiger partial charge in [-0.3, -0.25) is 0 Å². The first-order valence-corrected chi connectivity index (χ1v) is 11.3. The second-order valence-corrected chi connectivity index (χ2v) is 7.52. The van der Waals surface area contributed by atoms with Crippen LogP contribution in [0, 0.1) is 6.92 Å². The summed E-state index contributed by atoms with van der Waals surface area (Å²) in [7, 11) is 0. The summed E-state index contributed by atoms with van der Waals surface area (Å²) in [6.45, 7) is 5.70. The van der Waals surface area contributed by atoms with Crippen LogP contribution in [0.3, 0.4) is 0 Å². The van der Waals surface area contributed by atoms with Crippen LogP contribution in [0.4, 0.5) is 17.3 Å². The zero-order valence-corrected chi connectivity index (χ0v) is 20.0. The molecule has 0 amide bonds. The quantitative estimate of drug-likeness (QED) is 0.324. The van der Waals surface area contributed by atoms with Gasteiger partial charge in [0.05, 0.1) is 18.6 Å². The number of furan rings is 1. The predicted octanol–water partition coefficient (Wildman–Crippen LogP) is 4.18. The van der Waals surface area contributed by atoms with E-state index in [0.717, 1.165) is 11.4 Å². The van der Waals surface area contributed by atoms with Crippen molar-refractivity contribution in [1.29, 1.82) is 0 Å². The lowest BCUT2D eigenvalue weighted by molar-refractivity contribution is 0.0462. The van der Waals surface area contributed by atoms with Crippen molar-refractivity contribution in [1.82, 2.24) is 15.0 Å². The number of hydrogen-bond acceptors (Lipinski definition) is 11. The molecule has 3 heterocycles. The average molecular weight is 492 g/mol. The molecule has 0 spiro atoms. The number of aromatic nitrogens is 3. The largest absolute Gasteiger partial charge is 0.494 e. The molecule has 0 aliphatic heterocycles. The summed E-state index contributed by atoms with van der Waals surface area (Å²) in [5, 5.41) is 3.37. The molecule has 0 saturated heterocycles. The van der Waals surface area contributed by atoms with Crippen LogP contribution in [0.5, 0.6) is 5.75 Å². The number of carbonyl (C=O) groups excluding carboxylic acids is 2. The SMILES string of the molecule is CCOC(=O)c1c(C)oc2nc(COC(=O)c3cccnc3Nc3ccc(OCC)cc3)nc(N)c12. The van der Waals surface area contributed by atoms with Crippen molar-refractivity contribution in [3.05, 3.63) is 65.3 Å². The van der Waals surface area contributed by atoms with Gasteiger partial charge in [-0.25, -0.2) is 19.6 Å². The van der Waals surface area contributed by atoms with Crippen LogP contribution in [0.15, 0.2) is 47.0 Å². The monoisotopic (exact) mass is 491 g/mol. The summed E-state index contributed by atoms with van der Waals surface area (Å²) in [6, 6.07) is 10.5. The van der Waals surface area contributed by atoms with Gasteiger partial charge < -0.3 is 29.7 Å². The second-order valence-electron chi connectivity index (χ2n) is 7.52. The normalized spacial score (nSPS) is 10.8. The minimum atomic E-state index is -0.637. The molecule has 36 heavy (non-hydrogen) atoms. The number of benzene rings is 1. The number of nitrogens with two attached hydrogens (primary N) is 1. The summed E-state index contributed by atoms with van der Waals surface area (Å²) in [5.41, 5.74) is 7.30. The number of rotatable bonds is 9. The Labute approximate surface area is 206 Å². The van der Waals surface area contributed by atoms with Crippen LogP contribution in [-0.4, -0.2) is 40.1 Å². The maximum absolute atomic E-state index is 12.8. The van der Waals surface area contributed by atoms with Crippen LogP contribution in [-0.2, 0) is 16.1 Å². The molecule has 1 aromatic carbocycles. The number of aryl methyl sites for hydroxylation is 1. The minimum Gasteiger partial charge on any atom is -0.494 e. The van der Waals surface area contributed by atoms with Gasteiger partial charge in [0.25, 0.3) is 0 Å². The zero-order chi connectivity index (χ0) is 25.7. The smallest absolute Gasteiger partial charge is 0.342 e. The van der Waals surface area contributed by atoms with Crippen LogP contribution in [0.1, 0.15) is 46.1 Å². The highest BCUT2D eigenvalue weighted by molar-refractivity contribution is 6.07. The second kappa shape index (κ2) is 10.7. The number of anilines is 3. The molecule has 0 aliphatic rings. The van der Waals surface area contributed by atoms with E-state index >= 15 is 0 Å². The van der Waals surface area contributed by atoms with Crippen LogP contribution in [0.25, 0.3) is 11.1 Å². The van der Waals surface area contributed by atoms with Crippen molar-refractivity contribution < 1.29 is 28.2 Å². The van der Waals surface area contributed by atoms with Crippen molar-refractivity contribution in [2.24, 2.45) is 0 Å². The Morgan fingerprint density at radius 1 is 1.03 bits per heavy atom. The standard InChI is InChI=1S/C25H25N5O6/c1-4-33-16-10-8-15(9-11-16)28-22-17(7-6-12-27-22)24(31)35-13-18-29-21(26)20-19(25(32)34-5-2)14(3)36-23(20)30-18/h6-12H,4-5,13H2,1-3H3,(H,27,28)(H2,26,29,30). The highest BCUT2D eigenvalue weighted by atomic mass is 16.5. The Bertz CT molecular complexity index is 1400. The molecule has 0 atom stereocenters. The predicted molar refractivity (Wildman–Crippen MR) is 131 cm³/mol. The highest BCUT2D eigenvalue weighted by Crippen LogP contribution is 2.29. The van der Waals surface area contributed by atoms with Gasteiger partial charge in [-0.2, -0.15) is 4.98 Å². The number of nitrogens with one attached hydrogen (secondary N) is 1. The van der Waals surface area contributed by atoms with E-state index in [9.17, 15) is 9.59 Å². The van der Waals surface area contributed by atoms with E-state index < -0.39 is 11.9 Å². The third kappa shape index (κ3) is 5.19. The molecule has 4 rings (SSSR count). The fourth-order valence-corrected chi connectivity index (χ4v) is 3.51. The molecule has 0 aliphatic carbocycles. The highest BCUT2D eigenvalue weighted by Gasteiger charge is 2.24. The molecule has 3 N–H and O–H groups in total. The van der Waals surface area contributed by atoms with Crippen LogP contribution < -0.4 is 15.8 Å². The molecule has 0 bridgehead atoms. The van der Waals surface area contributed by atoms with Gasteiger partial charge in [-0.15, -0.1) is 0 Å². The summed E-state index contributed by atoms with van der Waals surface area (Å²) in [5.74, 6) is 0.282. The Morgan fingerprint density at radius 3 is 2.53 bits per heavy atom. The van der Waals surface area contributed by atoms with Crippen LogP contribution >= 0.6 is 0 Å². The third-order valence-corrected chi connectivity index (χ3v) is 5.07. The Hall–Kier alpha value is -4.67. The number of nitrogens with zero attached hydrogens (tertiary/aromatic N) is 3. The number of carbonyl (C=O) groups is 2. The van der Waals surface area contributed by atoms with E-state index in [0.29, 0.717) is 18.2 Å². The first-order chi connectivity index (χ1) is 17.4. The number of nitrogen functional groups attached to an aromatic ring is 1. The molecule has 4 aromatic rings. The third-order valence-electron chi connectivity index (χ3n) is 5.07. The molecular formula is C25H25N5O6. The van der Waals surface area contributed by atoms with Crippen molar-refractivity contribution in [3.63, 3.8) is 0 Å². The lowest BCUT2D eigenvalue weighted by atomic mass is 10.2. The molecule has 3 aromatic heterocycles. The summed E-state index contributed by atoms with van der Waals surface area (Å²) in [4.78, 5) is 37.8. The van der Waals surface area contributed by atoms with E-state index in [-0.39, 0.29) is 47.1 Å². The Morgan fingerprint density at radius 2 is 1.81 bits per heavy atom. The number of hydrogen-bond donors (Lipinski definition) is 2.